The molecule has 5 nitrogen and oxygen atoms in total. The van der Waals surface area contributed by atoms with Crippen molar-refractivity contribution < 1.29 is 14.3 Å². The number of nitrogen functional groups attached to an aromatic ring is 1. The Labute approximate surface area is 122 Å². The number of benzene rings is 2. The van der Waals surface area contributed by atoms with Crippen LogP contribution < -0.4 is 15.8 Å². The van der Waals surface area contributed by atoms with Crippen molar-refractivity contribution >= 4 is 23.1 Å². The lowest BCUT2D eigenvalue weighted by Crippen LogP contribution is -2.15. The Bertz CT molecular complexity index is 696. The molecule has 0 spiro atoms. The molecule has 0 fully saturated rings. The molecule has 0 aliphatic carbocycles. The first-order valence-corrected chi connectivity index (χ1v) is 6.37. The molecule has 1 amide bonds. The second-order valence-corrected chi connectivity index (χ2v) is 4.52. The SMILES string of the molecule is COc1cccc(N)c1C(=O)Nc1cccc(C(C)=O)c1. The maximum atomic E-state index is 12.3. The number of methoxy groups -OCH3 is 1. The first-order valence-electron chi connectivity index (χ1n) is 6.37. The van der Waals surface area contributed by atoms with Gasteiger partial charge in [0.15, 0.2) is 5.78 Å². The largest absolute Gasteiger partial charge is 0.496 e. The second kappa shape index (κ2) is 6.09. The van der Waals surface area contributed by atoms with Crippen molar-refractivity contribution in [1.29, 1.82) is 0 Å². The highest BCUT2D eigenvalue weighted by Crippen LogP contribution is 2.25. The van der Waals surface area contributed by atoms with Crippen LogP contribution in [-0.2, 0) is 0 Å². The molecule has 3 N–H and O–H groups in total. The van der Waals surface area contributed by atoms with Gasteiger partial charge in [0, 0.05) is 16.9 Å². The topological polar surface area (TPSA) is 81.4 Å². The third-order valence-electron chi connectivity index (χ3n) is 3.03. The Kier molecular flexibility index (Phi) is 4.23. The number of anilines is 2. The molecule has 2 rings (SSSR count). The van der Waals surface area contributed by atoms with Gasteiger partial charge in [0.2, 0.25) is 0 Å². The van der Waals surface area contributed by atoms with Crippen molar-refractivity contribution in [3.05, 3.63) is 53.6 Å². The molecule has 5 heteroatoms. The fourth-order valence-electron chi connectivity index (χ4n) is 1.97. The van der Waals surface area contributed by atoms with Crippen LogP contribution >= 0.6 is 0 Å². The number of Topliss-reactive ketones (excluding diaryl/α,β-unsaturated/α-hetero) is 1. The molecule has 0 heterocycles. The summed E-state index contributed by atoms with van der Waals surface area (Å²) in [6.45, 7) is 1.47. The molecule has 0 saturated carbocycles. The summed E-state index contributed by atoms with van der Waals surface area (Å²) in [6.07, 6.45) is 0. The number of ketones is 1. The van der Waals surface area contributed by atoms with Crippen LogP contribution in [0.25, 0.3) is 0 Å². The number of nitrogens with one attached hydrogen (secondary N) is 1. The standard InChI is InChI=1S/C16H16N2O3/c1-10(19)11-5-3-6-12(9-11)18-16(20)15-13(17)7-4-8-14(15)21-2/h3-9H,17H2,1-2H3,(H,18,20). The smallest absolute Gasteiger partial charge is 0.261 e. The van der Waals surface area contributed by atoms with E-state index in [0.29, 0.717) is 22.7 Å². The molecule has 0 aromatic heterocycles. The van der Waals surface area contributed by atoms with Crippen LogP contribution in [0.2, 0.25) is 0 Å². The normalized spacial score (nSPS) is 10.0. The summed E-state index contributed by atoms with van der Waals surface area (Å²) in [4.78, 5) is 23.7. The number of ether oxygens (including phenoxy) is 1. The van der Waals surface area contributed by atoms with E-state index in [-0.39, 0.29) is 17.3 Å². The summed E-state index contributed by atoms with van der Waals surface area (Å²) in [7, 11) is 1.47. The van der Waals surface area contributed by atoms with Gasteiger partial charge in [0.1, 0.15) is 11.3 Å². The summed E-state index contributed by atoms with van der Waals surface area (Å²) in [5.74, 6) is -0.0521. The summed E-state index contributed by atoms with van der Waals surface area (Å²) in [6, 6.07) is 11.7. The molecule has 2 aromatic carbocycles. The van der Waals surface area contributed by atoms with Gasteiger partial charge in [-0.3, -0.25) is 9.59 Å². The molecule has 108 valence electrons. The number of nitrogens with two attached hydrogens (primary N) is 1. The van der Waals surface area contributed by atoms with Gasteiger partial charge in [-0.15, -0.1) is 0 Å². The monoisotopic (exact) mass is 284 g/mol. The molecule has 0 aliphatic rings. The Morgan fingerprint density at radius 3 is 2.52 bits per heavy atom. The molecular weight excluding hydrogens is 268 g/mol. The number of rotatable bonds is 4. The van der Waals surface area contributed by atoms with Crippen LogP contribution in [0, 0.1) is 0 Å². The van der Waals surface area contributed by atoms with Crippen LogP contribution in [-0.4, -0.2) is 18.8 Å². The van der Waals surface area contributed by atoms with Crippen LogP contribution in [0.5, 0.6) is 5.75 Å². The molecule has 0 saturated heterocycles. The lowest BCUT2D eigenvalue weighted by atomic mass is 10.1. The summed E-state index contributed by atoms with van der Waals surface area (Å²) in [5, 5.41) is 2.72. The maximum Gasteiger partial charge on any atom is 0.261 e. The molecule has 0 aliphatic heterocycles. The zero-order valence-electron chi connectivity index (χ0n) is 11.8. The van der Waals surface area contributed by atoms with E-state index in [0.717, 1.165) is 0 Å². The van der Waals surface area contributed by atoms with Crippen molar-refractivity contribution in [1.82, 2.24) is 0 Å². The highest BCUT2D eigenvalue weighted by Gasteiger charge is 2.16. The highest BCUT2D eigenvalue weighted by molar-refractivity contribution is 6.10. The fourth-order valence-corrected chi connectivity index (χ4v) is 1.97. The molecule has 2 aromatic rings. The maximum absolute atomic E-state index is 12.3. The van der Waals surface area contributed by atoms with Gasteiger partial charge in [-0.25, -0.2) is 0 Å². The lowest BCUT2D eigenvalue weighted by Gasteiger charge is -2.12. The van der Waals surface area contributed by atoms with Gasteiger partial charge in [-0.1, -0.05) is 18.2 Å². The third-order valence-corrected chi connectivity index (χ3v) is 3.03. The number of hydrogen-bond donors (Lipinski definition) is 2. The Hall–Kier alpha value is -2.82. The van der Waals surface area contributed by atoms with Gasteiger partial charge >= 0.3 is 0 Å². The van der Waals surface area contributed by atoms with E-state index in [9.17, 15) is 9.59 Å². The quantitative estimate of drug-likeness (QED) is 0.668. The summed E-state index contributed by atoms with van der Waals surface area (Å²) >= 11 is 0. The van der Waals surface area contributed by atoms with Crippen molar-refractivity contribution in [2.45, 2.75) is 6.92 Å². The predicted molar refractivity (Wildman–Crippen MR) is 81.8 cm³/mol. The van der Waals surface area contributed by atoms with Crippen molar-refractivity contribution in [2.24, 2.45) is 0 Å². The molecule has 0 unspecified atom stereocenters. The van der Waals surface area contributed by atoms with Crippen LogP contribution in [0.3, 0.4) is 0 Å². The van der Waals surface area contributed by atoms with Crippen molar-refractivity contribution in [3.63, 3.8) is 0 Å². The second-order valence-electron chi connectivity index (χ2n) is 4.52. The molecule has 0 atom stereocenters. The first kappa shape index (κ1) is 14.6. The number of amides is 1. The predicted octanol–water partition coefficient (Wildman–Crippen LogP) is 2.73. The van der Waals surface area contributed by atoms with E-state index < -0.39 is 0 Å². The van der Waals surface area contributed by atoms with Crippen molar-refractivity contribution in [3.8, 4) is 5.75 Å². The molecule has 0 radical (unpaired) electrons. The molecule has 21 heavy (non-hydrogen) atoms. The fraction of sp³-hybridized carbons (Fsp3) is 0.125. The van der Waals surface area contributed by atoms with E-state index in [1.165, 1.54) is 14.0 Å². The average molecular weight is 284 g/mol. The first-order chi connectivity index (χ1) is 10.0. The zero-order chi connectivity index (χ0) is 15.4. The van der Waals surface area contributed by atoms with Gasteiger partial charge in [0.05, 0.1) is 7.11 Å². The minimum Gasteiger partial charge on any atom is -0.496 e. The van der Waals surface area contributed by atoms with E-state index in [4.69, 9.17) is 10.5 Å². The lowest BCUT2D eigenvalue weighted by molar-refractivity contribution is 0.101. The van der Waals surface area contributed by atoms with Crippen LogP contribution in [0.15, 0.2) is 42.5 Å². The van der Waals surface area contributed by atoms with E-state index in [1.807, 2.05) is 0 Å². The Balaban J connectivity index is 2.30. The van der Waals surface area contributed by atoms with Gasteiger partial charge < -0.3 is 15.8 Å². The van der Waals surface area contributed by atoms with Gasteiger partial charge in [-0.05, 0) is 31.2 Å². The third kappa shape index (κ3) is 3.20. The average Bonchev–Trinajstić information content (AvgIpc) is 2.46. The zero-order valence-corrected chi connectivity index (χ0v) is 11.8. The van der Waals surface area contributed by atoms with Gasteiger partial charge in [0.25, 0.3) is 5.91 Å². The number of carbonyl (C=O) groups excluding carboxylic acids is 2. The Morgan fingerprint density at radius 1 is 1.14 bits per heavy atom. The highest BCUT2D eigenvalue weighted by atomic mass is 16.5. The summed E-state index contributed by atoms with van der Waals surface area (Å²) < 4.78 is 5.15. The van der Waals surface area contributed by atoms with E-state index in [1.54, 1.807) is 42.5 Å². The van der Waals surface area contributed by atoms with E-state index >= 15 is 0 Å². The van der Waals surface area contributed by atoms with Crippen LogP contribution in [0.4, 0.5) is 11.4 Å². The van der Waals surface area contributed by atoms with Crippen molar-refractivity contribution in [2.75, 3.05) is 18.2 Å². The molecular formula is C16H16N2O3. The number of hydrogen-bond acceptors (Lipinski definition) is 4. The van der Waals surface area contributed by atoms with Crippen LogP contribution in [0.1, 0.15) is 27.6 Å². The molecule has 0 bridgehead atoms. The Morgan fingerprint density at radius 2 is 1.86 bits per heavy atom. The van der Waals surface area contributed by atoms with E-state index in [2.05, 4.69) is 5.32 Å². The minimum absolute atomic E-state index is 0.0668. The minimum atomic E-state index is -0.384. The summed E-state index contributed by atoms with van der Waals surface area (Å²) in [5.41, 5.74) is 7.49. The number of carbonyl (C=O) groups is 2. The van der Waals surface area contributed by atoms with Gasteiger partial charge in [-0.2, -0.15) is 0 Å².